The molecule has 1 aliphatic rings. The van der Waals surface area contributed by atoms with Gasteiger partial charge in [-0.05, 0) is 17.7 Å². The zero-order valence-electron chi connectivity index (χ0n) is 14.3. The number of carbonyl (C=O) groups excluding carboxylic acids is 1. The summed E-state index contributed by atoms with van der Waals surface area (Å²) in [6.45, 7) is 1.49. The van der Waals surface area contributed by atoms with Crippen molar-refractivity contribution in [1.82, 2.24) is 14.5 Å². The number of aromatic nitrogens is 2. The van der Waals surface area contributed by atoms with Gasteiger partial charge in [0.1, 0.15) is 5.82 Å². The fraction of sp³-hybridized carbons (Fsp3) is 0.238. The maximum atomic E-state index is 12.0. The third-order valence-corrected chi connectivity index (χ3v) is 4.79. The first kappa shape index (κ1) is 15.6. The van der Waals surface area contributed by atoms with E-state index in [0.717, 1.165) is 29.9 Å². The third-order valence-electron chi connectivity index (χ3n) is 4.79. The van der Waals surface area contributed by atoms with Crippen LogP contribution in [0.25, 0.3) is 17.1 Å². The maximum Gasteiger partial charge on any atom is 0.223 e. The molecule has 1 unspecified atom stereocenters. The average molecular weight is 331 g/mol. The van der Waals surface area contributed by atoms with Crippen LogP contribution in [0.3, 0.4) is 0 Å². The van der Waals surface area contributed by atoms with Crippen LogP contribution in [0, 0.1) is 0 Å². The summed E-state index contributed by atoms with van der Waals surface area (Å²) in [6.07, 6.45) is 4.83. The van der Waals surface area contributed by atoms with Crippen molar-refractivity contribution in [2.45, 2.75) is 18.9 Å². The van der Waals surface area contributed by atoms with Crippen LogP contribution in [-0.2, 0) is 11.3 Å². The first-order valence-corrected chi connectivity index (χ1v) is 8.63. The van der Waals surface area contributed by atoms with Crippen LogP contribution >= 0.6 is 0 Å². The predicted octanol–water partition coefficient (Wildman–Crippen LogP) is 3.70. The minimum atomic E-state index is 0.162. The molecule has 4 nitrogen and oxygen atoms in total. The highest BCUT2D eigenvalue weighted by atomic mass is 16.2. The molecule has 1 amide bonds. The lowest BCUT2D eigenvalue weighted by molar-refractivity contribution is -0.126. The standard InChI is InChI=1S/C21H21N3O/c1-23-15-17(14-20(23)25)21-22-18-11-5-6-12-19(18)24(21)13-7-10-16-8-3-2-4-9-16/h2-12,17H,13-15H2,1H3/b10-7+. The highest BCUT2D eigenvalue weighted by Gasteiger charge is 2.31. The van der Waals surface area contributed by atoms with Gasteiger partial charge in [-0.25, -0.2) is 4.98 Å². The van der Waals surface area contributed by atoms with Crippen LogP contribution < -0.4 is 0 Å². The average Bonchev–Trinajstić information content (AvgIpc) is 3.16. The minimum absolute atomic E-state index is 0.162. The highest BCUT2D eigenvalue weighted by Crippen LogP contribution is 2.29. The fourth-order valence-corrected chi connectivity index (χ4v) is 3.49. The lowest BCUT2D eigenvalue weighted by Gasteiger charge is -2.12. The van der Waals surface area contributed by atoms with Gasteiger partial charge in [0.15, 0.2) is 0 Å². The smallest absolute Gasteiger partial charge is 0.223 e. The van der Waals surface area contributed by atoms with E-state index in [0.29, 0.717) is 6.42 Å². The Morgan fingerprint density at radius 3 is 2.64 bits per heavy atom. The summed E-state index contributed by atoms with van der Waals surface area (Å²) in [5.41, 5.74) is 3.30. The predicted molar refractivity (Wildman–Crippen MR) is 100 cm³/mol. The van der Waals surface area contributed by atoms with Crippen molar-refractivity contribution < 1.29 is 4.79 Å². The molecule has 0 N–H and O–H groups in total. The number of para-hydroxylation sites is 2. The van der Waals surface area contributed by atoms with E-state index in [1.807, 2.05) is 43.4 Å². The molecule has 4 heteroatoms. The minimum Gasteiger partial charge on any atom is -0.345 e. The summed E-state index contributed by atoms with van der Waals surface area (Å²) in [5, 5.41) is 0. The number of nitrogens with zero attached hydrogens (tertiary/aromatic N) is 3. The molecule has 2 heterocycles. The van der Waals surface area contributed by atoms with Gasteiger partial charge in [-0.15, -0.1) is 0 Å². The fourth-order valence-electron chi connectivity index (χ4n) is 3.49. The molecule has 3 aromatic rings. The van der Waals surface area contributed by atoms with Crippen LogP contribution in [0.5, 0.6) is 0 Å². The van der Waals surface area contributed by atoms with Crippen LogP contribution in [0.4, 0.5) is 0 Å². The Morgan fingerprint density at radius 1 is 1.12 bits per heavy atom. The van der Waals surface area contributed by atoms with E-state index in [1.54, 1.807) is 4.90 Å². The number of fused-ring (bicyclic) bond motifs is 1. The number of imidazole rings is 1. The van der Waals surface area contributed by atoms with E-state index in [-0.39, 0.29) is 11.8 Å². The topological polar surface area (TPSA) is 38.1 Å². The Labute approximate surface area is 147 Å². The van der Waals surface area contributed by atoms with Gasteiger partial charge in [0.2, 0.25) is 5.91 Å². The van der Waals surface area contributed by atoms with Crippen LogP contribution in [0.15, 0.2) is 60.7 Å². The quantitative estimate of drug-likeness (QED) is 0.731. The molecule has 0 spiro atoms. The zero-order chi connectivity index (χ0) is 17.2. The second-order valence-electron chi connectivity index (χ2n) is 6.56. The second kappa shape index (κ2) is 6.55. The van der Waals surface area contributed by atoms with Crippen LogP contribution in [0.2, 0.25) is 0 Å². The van der Waals surface area contributed by atoms with Crippen LogP contribution in [0.1, 0.15) is 23.7 Å². The Balaban J connectivity index is 1.67. The van der Waals surface area contributed by atoms with Gasteiger partial charge in [0, 0.05) is 32.5 Å². The molecule has 2 aromatic carbocycles. The normalized spacial score (nSPS) is 17.9. The summed E-state index contributed by atoms with van der Waals surface area (Å²) < 4.78 is 2.24. The number of likely N-dealkylation sites (N-methyl/N-ethyl adjacent to an activating group) is 1. The zero-order valence-corrected chi connectivity index (χ0v) is 14.3. The molecule has 0 aliphatic carbocycles. The number of benzene rings is 2. The molecule has 0 bridgehead atoms. The Hall–Kier alpha value is -2.88. The number of carbonyl (C=O) groups is 1. The number of likely N-dealkylation sites (tertiary alicyclic amines) is 1. The molecule has 25 heavy (non-hydrogen) atoms. The molecule has 1 fully saturated rings. The van der Waals surface area contributed by atoms with Gasteiger partial charge in [0.05, 0.1) is 11.0 Å². The molecule has 1 atom stereocenters. The number of rotatable bonds is 4. The summed E-state index contributed by atoms with van der Waals surface area (Å²) in [6, 6.07) is 18.5. The van der Waals surface area contributed by atoms with Crippen molar-refractivity contribution in [2.24, 2.45) is 0 Å². The number of allylic oxidation sites excluding steroid dienone is 1. The molecule has 4 rings (SSSR count). The van der Waals surface area contributed by atoms with Crippen molar-refractivity contribution in [3.05, 3.63) is 72.1 Å². The molecule has 1 saturated heterocycles. The SMILES string of the molecule is CN1CC(c2nc3ccccc3n2C/C=C/c2ccccc2)CC1=O. The van der Waals surface area contributed by atoms with E-state index in [9.17, 15) is 4.79 Å². The summed E-state index contributed by atoms with van der Waals surface area (Å²) >= 11 is 0. The van der Waals surface area contributed by atoms with Gasteiger partial charge >= 0.3 is 0 Å². The van der Waals surface area contributed by atoms with Gasteiger partial charge in [0.25, 0.3) is 0 Å². The van der Waals surface area contributed by atoms with Crippen molar-refractivity contribution in [3.63, 3.8) is 0 Å². The van der Waals surface area contributed by atoms with E-state index in [4.69, 9.17) is 4.98 Å². The Morgan fingerprint density at radius 2 is 1.88 bits per heavy atom. The molecule has 0 radical (unpaired) electrons. The second-order valence-corrected chi connectivity index (χ2v) is 6.56. The Kier molecular flexibility index (Phi) is 4.10. The van der Waals surface area contributed by atoms with Gasteiger partial charge in [-0.3, -0.25) is 4.79 Å². The maximum absolute atomic E-state index is 12.0. The van der Waals surface area contributed by atoms with E-state index >= 15 is 0 Å². The lowest BCUT2D eigenvalue weighted by Crippen LogP contribution is -2.19. The first-order valence-electron chi connectivity index (χ1n) is 8.63. The van der Waals surface area contributed by atoms with Crippen molar-refractivity contribution in [3.8, 4) is 0 Å². The molecular formula is C21H21N3O. The summed E-state index contributed by atoms with van der Waals surface area (Å²) in [5.74, 6) is 1.37. The van der Waals surface area contributed by atoms with Crippen molar-refractivity contribution in [1.29, 1.82) is 0 Å². The van der Waals surface area contributed by atoms with E-state index in [2.05, 4.69) is 34.9 Å². The van der Waals surface area contributed by atoms with Crippen molar-refractivity contribution >= 4 is 23.0 Å². The number of amides is 1. The summed E-state index contributed by atoms with van der Waals surface area (Å²) in [4.78, 5) is 18.6. The summed E-state index contributed by atoms with van der Waals surface area (Å²) in [7, 11) is 1.87. The van der Waals surface area contributed by atoms with Crippen LogP contribution in [-0.4, -0.2) is 34.0 Å². The first-order chi connectivity index (χ1) is 12.2. The highest BCUT2D eigenvalue weighted by molar-refractivity contribution is 5.80. The molecule has 1 aromatic heterocycles. The van der Waals surface area contributed by atoms with Crippen molar-refractivity contribution in [2.75, 3.05) is 13.6 Å². The monoisotopic (exact) mass is 331 g/mol. The van der Waals surface area contributed by atoms with E-state index in [1.165, 1.54) is 5.56 Å². The van der Waals surface area contributed by atoms with Gasteiger partial charge in [-0.2, -0.15) is 0 Å². The van der Waals surface area contributed by atoms with Gasteiger partial charge in [-0.1, -0.05) is 54.6 Å². The number of hydrogen-bond acceptors (Lipinski definition) is 2. The Bertz CT molecular complexity index is 927. The molecule has 126 valence electrons. The van der Waals surface area contributed by atoms with Gasteiger partial charge < -0.3 is 9.47 Å². The largest absolute Gasteiger partial charge is 0.345 e. The molecular weight excluding hydrogens is 310 g/mol. The number of hydrogen-bond donors (Lipinski definition) is 0. The lowest BCUT2D eigenvalue weighted by atomic mass is 10.1. The van der Waals surface area contributed by atoms with E-state index < -0.39 is 0 Å². The molecule has 1 aliphatic heterocycles. The third kappa shape index (κ3) is 3.07. The molecule has 0 saturated carbocycles.